The summed E-state index contributed by atoms with van der Waals surface area (Å²) >= 11 is 6.12. The highest BCUT2D eigenvalue weighted by molar-refractivity contribution is 6.31. The van der Waals surface area contributed by atoms with Crippen LogP contribution < -0.4 is 16.2 Å². The summed E-state index contributed by atoms with van der Waals surface area (Å²) in [7, 11) is 0. The number of nitrogens with one attached hydrogen (secondary N) is 2. The third-order valence-corrected chi connectivity index (χ3v) is 6.91. The number of hydrogen-bond acceptors (Lipinski definition) is 4. The molecule has 7 rings (SSSR count). The van der Waals surface area contributed by atoms with E-state index in [1.54, 1.807) is 25.1 Å². The summed E-state index contributed by atoms with van der Waals surface area (Å²) in [6.45, 7) is 1.77. The van der Waals surface area contributed by atoms with Crippen LogP contribution in [0.5, 0.6) is 0 Å². The molecule has 8 heteroatoms. The average molecular weight is 407 g/mol. The van der Waals surface area contributed by atoms with Crippen LogP contribution in [0.2, 0.25) is 5.02 Å². The molecule has 3 aromatic rings. The summed E-state index contributed by atoms with van der Waals surface area (Å²) < 4.78 is 1.45. The molecule has 2 aromatic carbocycles. The van der Waals surface area contributed by atoms with Crippen LogP contribution in [0, 0.1) is 0 Å². The molecule has 144 valence electrons. The number of benzene rings is 2. The molecule has 0 saturated carbocycles. The lowest BCUT2D eigenvalue weighted by molar-refractivity contribution is -0.142. The van der Waals surface area contributed by atoms with Crippen molar-refractivity contribution in [3.05, 3.63) is 69.2 Å². The molecule has 1 saturated heterocycles. The summed E-state index contributed by atoms with van der Waals surface area (Å²) in [5, 5.41) is 6.81. The fourth-order valence-electron chi connectivity index (χ4n) is 5.31. The Morgan fingerprint density at radius 3 is 2.79 bits per heavy atom. The maximum atomic E-state index is 13.3. The van der Waals surface area contributed by atoms with Crippen LogP contribution in [-0.2, 0) is 20.5 Å². The van der Waals surface area contributed by atoms with E-state index in [1.807, 2.05) is 24.3 Å². The van der Waals surface area contributed by atoms with Gasteiger partial charge in [-0.05, 0) is 43.2 Å². The molecule has 7 nitrogen and oxygen atoms in total. The van der Waals surface area contributed by atoms with Gasteiger partial charge in [-0.25, -0.2) is 4.98 Å². The number of fused-ring (bicyclic) bond motifs is 3. The van der Waals surface area contributed by atoms with Gasteiger partial charge in [0.25, 0.3) is 5.56 Å². The quantitative estimate of drug-likeness (QED) is 0.598. The fraction of sp³-hybridized carbons (Fsp3) is 0.238. The molecule has 1 fully saturated rings. The minimum Gasteiger partial charge on any atom is -0.340 e. The number of carbonyl (C=O) groups excluding carboxylic acids is 2. The minimum atomic E-state index is -1.19. The average Bonchev–Trinajstić information content (AvgIpc) is 2.96. The predicted octanol–water partition coefficient (Wildman–Crippen LogP) is 2.23. The number of piperidine rings is 1. The Morgan fingerprint density at radius 1 is 1.17 bits per heavy atom. The predicted molar refractivity (Wildman–Crippen MR) is 107 cm³/mol. The molecule has 2 amide bonds. The minimum absolute atomic E-state index is 0.196. The van der Waals surface area contributed by atoms with E-state index >= 15 is 0 Å². The highest BCUT2D eigenvalue weighted by atomic mass is 35.5. The van der Waals surface area contributed by atoms with Crippen LogP contribution in [-0.4, -0.2) is 21.4 Å². The van der Waals surface area contributed by atoms with Gasteiger partial charge >= 0.3 is 0 Å². The lowest BCUT2D eigenvalue weighted by Crippen LogP contribution is -2.72. The van der Waals surface area contributed by atoms with Crippen LogP contribution in [0.4, 0.5) is 5.69 Å². The van der Waals surface area contributed by atoms with Crippen molar-refractivity contribution in [2.75, 3.05) is 5.32 Å². The van der Waals surface area contributed by atoms with Gasteiger partial charge in [0.15, 0.2) is 0 Å². The number of anilines is 1. The van der Waals surface area contributed by atoms with Gasteiger partial charge in [-0.3, -0.25) is 19.0 Å². The number of halogens is 1. The van der Waals surface area contributed by atoms with Gasteiger partial charge < -0.3 is 10.6 Å². The lowest BCUT2D eigenvalue weighted by Gasteiger charge is -2.55. The maximum absolute atomic E-state index is 13.3. The molecule has 3 atom stereocenters. The van der Waals surface area contributed by atoms with Crippen LogP contribution in [0.1, 0.15) is 30.8 Å². The normalized spacial score (nSPS) is 29.0. The third kappa shape index (κ3) is 1.75. The largest absolute Gasteiger partial charge is 0.340 e. The highest BCUT2D eigenvalue weighted by Crippen LogP contribution is 2.58. The molecular weight excluding hydrogens is 392 g/mol. The molecule has 5 heterocycles. The smallest absolute Gasteiger partial charge is 0.262 e. The van der Waals surface area contributed by atoms with Crippen molar-refractivity contribution in [2.24, 2.45) is 0 Å². The van der Waals surface area contributed by atoms with Crippen molar-refractivity contribution in [1.29, 1.82) is 0 Å². The molecule has 1 aromatic heterocycles. The first-order valence-corrected chi connectivity index (χ1v) is 9.70. The summed E-state index contributed by atoms with van der Waals surface area (Å²) in [6, 6.07) is 11.5. The zero-order valence-electron chi connectivity index (χ0n) is 15.3. The molecule has 1 spiro atoms. The Morgan fingerprint density at radius 2 is 1.97 bits per heavy atom. The zero-order valence-corrected chi connectivity index (χ0v) is 16.1. The number of carbonyl (C=O) groups is 2. The standard InChI is InChI=1S/C21H15ClN4O3/c1-20-18-23-14-8-10(22)6-7-11(14)17(28)26(18)15(16(27)25-20)9-21(20)12-4-2-3-5-13(12)24-19(21)29/h2-8,15H,9H2,1H3,(H,24,29)(H,25,27)/t15-,20-,21-/m0/s1. The fourth-order valence-corrected chi connectivity index (χ4v) is 5.47. The van der Waals surface area contributed by atoms with Crippen molar-refractivity contribution in [1.82, 2.24) is 14.9 Å². The van der Waals surface area contributed by atoms with Crippen molar-refractivity contribution >= 4 is 40.0 Å². The Kier molecular flexibility index (Phi) is 2.91. The molecular formula is C21H15ClN4O3. The molecule has 0 unspecified atom stereocenters. The van der Waals surface area contributed by atoms with Crippen molar-refractivity contribution in [2.45, 2.75) is 30.3 Å². The van der Waals surface area contributed by atoms with Crippen LogP contribution >= 0.6 is 11.6 Å². The highest BCUT2D eigenvalue weighted by Gasteiger charge is 2.69. The molecule has 0 radical (unpaired) electrons. The Balaban J connectivity index is 1.74. The number of amides is 2. The third-order valence-electron chi connectivity index (χ3n) is 6.67. The SMILES string of the molecule is C[C@@]12NC(=O)[C@H](C[C@]13C(=O)Nc1ccccc13)n1c2nc2cc(Cl)ccc2c1=O. The lowest BCUT2D eigenvalue weighted by atomic mass is 9.58. The van der Waals surface area contributed by atoms with E-state index in [9.17, 15) is 14.4 Å². The first-order chi connectivity index (χ1) is 13.9. The number of rotatable bonds is 0. The van der Waals surface area contributed by atoms with E-state index in [-0.39, 0.29) is 23.8 Å². The summed E-state index contributed by atoms with van der Waals surface area (Å²) in [5.41, 5.74) is -0.561. The van der Waals surface area contributed by atoms with Gasteiger partial charge in [-0.2, -0.15) is 0 Å². The molecule has 29 heavy (non-hydrogen) atoms. The Bertz CT molecular complexity index is 1350. The zero-order chi connectivity index (χ0) is 20.1. The molecule has 0 aliphatic carbocycles. The van der Waals surface area contributed by atoms with E-state index in [4.69, 9.17) is 16.6 Å². The van der Waals surface area contributed by atoms with Crippen LogP contribution in [0.25, 0.3) is 10.9 Å². The van der Waals surface area contributed by atoms with E-state index in [0.717, 1.165) is 11.3 Å². The van der Waals surface area contributed by atoms with Crippen molar-refractivity contribution < 1.29 is 9.59 Å². The van der Waals surface area contributed by atoms with Gasteiger partial charge in [0, 0.05) is 10.7 Å². The summed E-state index contributed by atoms with van der Waals surface area (Å²) in [4.78, 5) is 44.2. The second kappa shape index (κ2) is 5.04. The number of para-hydroxylation sites is 1. The maximum Gasteiger partial charge on any atom is 0.262 e. The molecule has 4 aliphatic rings. The van der Waals surface area contributed by atoms with E-state index in [0.29, 0.717) is 21.7 Å². The van der Waals surface area contributed by atoms with Crippen molar-refractivity contribution in [3.8, 4) is 0 Å². The van der Waals surface area contributed by atoms with Crippen molar-refractivity contribution in [3.63, 3.8) is 0 Å². The second-order valence-corrected chi connectivity index (χ2v) is 8.45. The van der Waals surface area contributed by atoms with Gasteiger partial charge in [-0.1, -0.05) is 29.8 Å². The number of aromatic nitrogens is 2. The summed E-state index contributed by atoms with van der Waals surface area (Å²) in [6.07, 6.45) is 0.200. The van der Waals surface area contributed by atoms with Gasteiger partial charge in [0.05, 0.1) is 10.9 Å². The Labute approximate surface area is 169 Å². The van der Waals surface area contributed by atoms with E-state index in [2.05, 4.69) is 10.6 Å². The van der Waals surface area contributed by atoms with Gasteiger partial charge in [0.1, 0.15) is 22.8 Å². The molecule has 2 N–H and O–H groups in total. The summed E-state index contributed by atoms with van der Waals surface area (Å²) in [5.74, 6) is -0.0992. The Hall–Kier alpha value is -3.19. The number of hydrogen-bond donors (Lipinski definition) is 2. The monoisotopic (exact) mass is 406 g/mol. The van der Waals surface area contributed by atoms with E-state index < -0.39 is 17.0 Å². The van der Waals surface area contributed by atoms with E-state index in [1.165, 1.54) is 4.57 Å². The molecule has 4 aliphatic heterocycles. The number of nitrogens with zero attached hydrogens (tertiary/aromatic N) is 2. The van der Waals surface area contributed by atoms with Crippen LogP contribution in [0.3, 0.4) is 0 Å². The van der Waals surface area contributed by atoms with Gasteiger partial charge in [0.2, 0.25) is 11.8 Å². The first kappa shape index (κ1) is 16.7. The molecule has 2 bridgehead atoms. The first-order valence-electron chi connectivity index (χ1n) is 9.32. The second-order valence-electron chi connectivity index (χ2n) is 8.01. The van der Waals surface area contributed by atoms with Gasteiger partial charge in [-0.15, -0.1) is 0 Å². The van der Waals surface area contributed by atoms with Crippen LogP contribution in [0.15, 0.2) is 47.3 Å². The topological polar surface area (TPSA) is 93.1 Å².